The first-order valence-corrected chi connectivity index (χ1v) is 11.1. The van der Waals surface area contributed by atoms with Crippen LogP contribution in [0.15, 0.2) is 48.5 Å². The van der Waals surface area contributed by atoms with Gasteiger partial charge in [-0.1, -0.05) is 24.3 Å². The molecule has 170 valence electrons. The third kappa shape index (κ3) is 5.08. The van der Waals surface area contributed by atoms with Crippen molar-refractivity contribution in [2.45, 2.75) is 44.3 Å². The Labute approximate surface area is 187 Å². The molecule has 0 bridgehead atoms. The molecular formula is C24H29FN4O3. The summed E-state index contributed by atoms with van der Waals surface area (Å²) >= 11 is 0. The van der Waals surface area contributed by atoms with Crippen LogP contribution >= 0.6 is 0 Å². The third-order valence-electron chi connectivity index (χ3n) is 6.06. The van der Waals surface area contributed by atoms with Gasteiger partial charge in [0, 0.05) is 25.2 Å². The van der Waals surface area contributed by atoms with Crippen molar-refractivity contribution < 1.29 is 18.7 Å². The standard InChI is InChI=1S/C24H29FN4O3/c1-2-32-18-9-7-16(8-10-18)21-15-22(28-27-21)24(31)29-13-11-17(12-14-29)26-23(30)19-5-3-4-6-20(19)25/h3-10,17,21-22,27-28H,2,11-15H2,1H3,(H,26,30). The van der Waals surface area contributed by atoms with Gasteiger partial charge >= 0.3 is 0 Å². The van der Waals surface area contributed by atoms with Crippen LogP contribution in [0, 0.1) is 5.82 Å². The molecule has 0 radical (unpaired) electrons. The second-order valence-electron chi connectivity index (χ2n) is 8.18. The van der Waals surface area contributed by atoms with Crippen molar-refractivity contribution >= 4 is 11.8 Å². The van der Waals surface area contributed by atoms with Crippen LogP contribution in [0.1, 0.15) is 48.1 Å². The topological polar surface area (TPSA) is 82.7 Å². The van der Waals surface area contributed by atoms with E-state index in [1.165, 1.54) is 12.1 Å². The number of nitrogens with zero attached hydrogens (tertiary/aromatic N) is 1. The van der Waals surface area contributed by atoms with Crippen LogP contribution < -0.4 is 20.9 Å². The molecule has 0 saturated carbocycles. The number of rotatable bonds is 6. The first-order valence-electron chi connectivity index (χ1n) is 11.1. The molecule has 2 heterocycles. The monoisotopic (exact) mass is 440 g/mol. The molecule has 32 heavy (non-hydrogen) atoms. The van der Waals surface area contributed by atoms with Crippen LogP contribution in [0.2, 0.25) is 0 Å². The normalized spacial score (nSPS) is 21.4. The van der Waals surface area contributed by atoms with Gasteiger partial charge in [-0.25, -0.2) is 15.2 Å². The van der Waals surface area contributed by atoms with Crippen LogP contribution in [0.3, 0.4) is 0 Å². The number of carbonyl (C=O) groups excluding carboxylic acids is 2. The van der Waals surface area contributed by atoms with E-state index in [9.17, 15) is 14.0 Å². The smallest absolute Gasteiger partial charge is 0.254 e. The lowest BCUT2D eigenvalue weighted by Crippen LogP contribution is -2.51. The summed E-state index contributed by atoms with van der Waals surface area (Å²) in [7, 11) is 0. The highest BCUT2D eigenvalue weighted by Crippen LogP contribution is 2.26. The molecule has 0 aliphatic carbocycles. The first kappa shape index (κ1) is 22.2. The summed E-state index contributed by atoms with van der Waals surface area (Å²) in [6, 6.07) is 13.5. The Morgan fingerprint density at radius 2 is 1.81 bits per heavy atom. The molecule has 2 saturated heterocycles. The van der Waals surface area contributed by atoms with Crippen molar-refractivity contribution in [3.05, 3.63) is 65.5 Å². The van der Waals surface area contributed by atoms with Gasteiger partial charge in [-0.2, -0.15) is 0 Å². The van der Waals surface area contributed by atoms with Crippen LogP contribution in [0.5, 0.6) is 5.75 Å². The number of benzene rings is 2. The minimum Gasteiger partial charge on any atom is -0.494 e. The fourth-order valence-corrected chi connectivity index (χ4v) is 4.27. The predicted molar refractivity (Wildman–Crippen MR) is 118 cm³/mol. The molecular weight excluding hydrogens is 411 g/mol. The van der Waals surface area contributed by atoms with Gasteiger partial charge in [-0.3, -0.25) is 9.59 Å². The van der Waals surface area contributed by atoms with Crippen molar-refractivity contribution in [2.75, 3.05) is 19.7 Å². The van der Waals surface area contributed by atoms with Gasteiger partial charge < -0.3 is 15.0 Å². The SMILES string of the molecule is CCOc1ccc(C2CC(C(=O)N3CCC(NC(=O)c4ccccc4F)CC3)NN2)cc1. The quantitative estimate of drug-likeness (QED) is 0.643. The molecule has 2 fully saturated rings. The lowest BCUT2D eigenvalue weighted by molar-refractivity contribution is -0.134. The minimum absolute atomic E-state index is 0.0487. The number of halogens is 1. The van der Waals surface area contributed by atoms with Crippen molar-refractivity contribution in [3.63, 3.8) is 0 Å². The van der Waals surface area contributed by atoms with E-state index in [0.29, 0.717) is 39.0 Å². The second-order valence-corrected chi connectivity index (χ2v) is 8.18. The molecule has 2 aromatic carbocycles. The maximum absolute atomic E-state index is 13.8. The molecule has 2 aliphatic rings. The number of nitrogens with one attached hydrogen (secondary N) is 3. The zero-order valence-electron chi connectivity index (χ0n) is 18.1. The Hall–Kier alpha value is -2.97. The van der Waals surface area contributed by atoms with Crippen molar-refractivity contribution in [1.29, 1.82) is 0 Å². The van der Waals surface area contributed by atoms with Crippen LogP contribution in [-0.2, 0) is 4.79 Å². The Morgan fingerprint density at radius 3 is 2.50 bits per heavy atom. The highest BCUT2D eigenvalue weighted by atomic mass is 19.1. The third-order valence-corrected chi connectivity index (χ3v) is 6.06. The van der Waals surface area contributed by atoms with E-state index in [4.69, 9.17) is 4.74 Å². The van der Waals surface area contributed by atoms with Crippen molar-refractivity contribution in [2.24, 2.45) is 0 Å². The zero-order valence-corrected chi connectivity index (χ0v) is 18.1. The average molecular weight is 441 g/mol. The summed E-state index contributed by atoms with van der Waals surface area (Å²) in [5, 5.41) is 2.89. The summed E-state index contributed by atoms with van der Waals surface area (Å²) in [5.41, 5.74) is 7.50. The number of carbonyl (C=O) groups is 2. The fraction of sp³-hybridized carbons (Fsp3) is 0.417. The first-order chi connectivity index (χ1) is 15.5. The van der Waals surface area contributed by atoms with Crippen LogP contribution in [0.4, 0.5) is 4.39 Å². The maximum Gasteiger partial charge on any atom is 0.254 e. The second kappa shape index (κ2) is 10.1. The number of likely N-dealkylation sites (tertiary alicyclic amines) is 1. The molecule has 2 atom stereocenters. The molecule has 8 heteroatoms. The summed E-state index contributed by atoms with van der Waals surface area (Å²) in [4.78, 5) is 27.1. The molecule has 2 amide bonds. The number of hydrogen-bond acceptors (Lipinski definition) is 5. The summed E-state index contributed by atoms with van der Waals surface area (Å²) < 4.78 is 19.3. The van der Waals surface area contributed by atoms with E-state index in [1.807, 2.05) is 36.1 Å². The van der Waals surface area contributed by atoms with Gasteiger partial charge in [0.05, 0.1) is 12.2 Å². The zero-order chi connectivity index (χ0) is 22.5. The molecule has 0 aromatic heterocycles. The van der Waals surface area contributed by atoms with Gasteiger partial charge in [0.15, 0.2) is 0 Å². The number of hydrazine groups is 1. The molecule has 2 unspecified atom stereocenters. The Kier molecular flexibility index (Phi) is 7.02. The van der Waals surface area contributed by atoms with Gasteiger partial charge in [0.2, 0.25) is 5.91 Å². The fourth-order valence-electron chi connectivity index (χ4n) is 4.27. The van der Waals surface area contributed by atoms with Gasteiger partial charge in [0.1, 0.15) is 17.6 Å². The highest BCUT2D eigenvalue weighted by Gasteiger charge is 2.34. The Balaban J connectivity index is 1.25. The van der Waals surface area contributed by atoms with Crippen LogP contribution in [0.25, 0.3) is 0 Å². The lowest BCUT2D eigenvalue weighted by atomic mass is 9.99. The minimum atomic E-state index is -0.528. The molecule has 0 spiro atoms. The van der Waals surface area contributed by atoms with E-state index in [-0.39, 0.29) is 29.6 Å². The van der Waals surface area contributed by atoms with Gasteiger partial charge in [-0.15, -0.1) is 0 Å². The van der Waals surface area contributed by atoms with Crippen LogP contribution in [-0.4, -0.2) is 48.5 Å². The molecule has 4 rings (SSSR count). The number of hydrogen-bond donors (Lipinski definition) is 3. The average Bonchev–Trinajstić information content (AvgIpc) is 3.30. The van der Waals surface area contributed by atoms with E-state index >= 15 is 0 Å². The number of ether oxygens (including phenoxy) is 1. The van der Waals surface area contributed by atoms with Gasteiger partial charge in [0.25, 0.3) is 5.91 Å². The summed E-state index contributed by atoms with van der Waals surface area (Å²) in [6.45, 7) is 3.70. The predicted octanol–water partition coefficient (Wildman–Crippen LogP) is 2.55. The lowest BCUT2D eigenvalue weighted by Gasteiger charge is -2.33. The number of piperidine rings is 1. The molecule has 2 aliphatic heterocycles. The maximum atomic E-state index is 13.8. The number of amides is 2. The largest absolute Gasteiger partial charge is 0.494 e. The molecule has 7 nitrogen and oxygen atoms in total. The van der Waals surface area contributed by atoms with E-state index in [0.717, 1.165) is 11.3 Å². The Morgan fingerprint density at radius 1 is 1.09 bits per heavy atom. The summed E-state index contributed by atoms with van der Waals surface area (Å²) in [6.07, 6.45) is 1.96. The molecule has 3 N–H and O–H groups in total. The van der Waals surface area contributed by atoms with Crippen molar-refractivity contribution in [3.8, 4) is 5.75 Å². The Bertz CT molecular complexity index is 945. The van der Waals surface area contributed by atoms with Gasteiger partial charge in [-0.05, 0) is 56.0 Å². The highest BCUT2D eigenvalue weighted by molar-refractivity contribution is 5.94. The summed E-state index contributed by atoms with van der Waals surface area (Å²) in [5.74, 6) is -0.0446. The van der Waals surface area contributed by atoms with E-state index < -0.39 is 11.7 Å². The van der Waals surface area contributed by atoms with E-state index in [2.05, 4.69) is 16.2 Å². The molecule has 2 aromatic rings. The van der Waals surface area contributed by atoms with E-state index in [1.54, 1.807) is 12.1 Å². The van der Waals surface area contributed by atoms with Crippen molar-refractivity contribution in [1.82, 2.24) is 21.1 Å².